The fourth-order valence-electron chi connectivity index (χ4n) is 2.97. The number of nitrogens with two attached hydrogens (primary N) is 1. The first-order valence-electron chi connectivity index (χ1n) is 7.88. The van der Waals surface area contributed by atoms with Crippen LogP contribution in [-0.2, 0) is 27.2 Å². The molecule has 0 spiro atoms. The van der Waals surface area contributed by atoms with Gasteiger partial charge in [-0.05, 0) is 43.6 Å². The number of hydrogen-bond acceptors (Lipinski definition) is 5. The number of carbonyl (C=O) groups excluding carboxylic acids is 3. The average Bonchev–Trinajstić information content (AvgIpc) is 3.11. The normalized spacial score (nSPS) is 22.1. The molecule has 2 amide bonds. The number of primary amides is 1. The number of ether oxygens (including phenoxy) is 1. The van der Waals surface area contributed by atoms with Crippen molar-refractivity contribution >= 4 is 34.1 Å². The Bertz CT molecular complexity index is 667. The van der Waals surface area contributed by atoms with Gasteiger partial charge in [-0.1, -0.05) is 6.92 Å². The van der Waals surface area contributed by atoms with Crippen molar-refractivity contribution in [3.8, 4) is 0 Å². The van der Waals surface area contributed by atoms with Crippen LogP contribution in [0.15, 0.2) is 0 Å². The third-order valence-corrected chi connectivity index (χ3v) is 5.64. The fraction of sp³-hybridized carbons (Fsp3) is 0.562. The SMILES string of the molecule is C[C@@H]1C[C@H]1C(=O)OCC(=O)Nc1sc2c(c1C(N)=O)CCCC2. The Kier molecular flexibility index (Phi) is 4.39. The van der Waals surface area contributed by atoms with E-state index in [4.69, 9.17) is 10.5 Å². The first-order chi connectivity index (χ1) is 11.0. The standard InChI is InChI=1S/C16H20N2O4S/c1-8-6-10(8)16(21)22-7-12(19)18-15-13(14(17)20)9-4-2-3-5-11(9)23-15/h8,10H,2-7H2,1H3,(H2,17,20)(H,18,19)/t8-,10-/m1/s1. The monoisotopic (exact) mass is 336 g/mol. The van der Waals surface area contributed by atoms with E-state index in [0.29, 0.717) is 16.5 Å². The van der Waals surface area contributed by atoms with Crippen LogP contribution in [-0.4, -0.2) is 24.4 Å². The summed E-state index contributed by atoms with van der Waals surface area (Å²) in [6.07, 6.45) is 4.65. The molecule has 0 bridgehead atoms. The van der Waals surface area contributed by atoms with Gasteiger partial charge in [-0.25, -0.2) is 0 Å². The molecule has 6 nitrogen and oxygen atoms in total. The van der Waals surface area contributed by atoms with Gasteiger partial charge in [-0.15, -0.1) is 11.3 Å². The number of aryl methyl sites for hydroxylation is 1. The lowest BCUT2D eigenvalue weighted by atomic mass is 9.95. The number of carbonyl (C=O) groups is 3. The van der Waals surface area contributed by atoms with Crippen molar-refractivity contribution in [1.82, 2.24) is 0 Å². The molecule has 2 aliphatic rings. The predicted molar refractivity (Wildman–Crippen MR) is 86.3 cm³/mol. The van der Waals surface area contributed by atoms with Crippen LogP contribution >= 0.6 is 11.3 Å². The van der Waals surface area contributed by atoms with Gasteiger partial charge in [0.15, 0.2) is 6.61 Å². The fourth-order valence-corrected chi connectivity index (χ4v) is 4.28. The number of rotatable bonds is 5. The summed E-state index contributed by atoms with van der Waals surface area (Å²) in [7, 11) is 0. The van der Waals surface area contributed by atoms with Gasteiger partial charge < -0.3 is 15.8 Å². The van der Waals surface area contributed by atoms with Crippen molar-refractivity contribution in [2.45, 2.75) is 39.0 Å². The van der Waals surface area contributed by atoms with E-state index in [0.717, 1.165) is 42.5 Å². The third kappa shape index (κ3) is 3.39. The van der Waals surface area contributed by atoms with E-state index in [9.17, 15) is 14.4 Å². The molecule has 7 heteroatoms. The van der Waals surface area contributed by atoms with E-state index in [-0.39, 0.29) is 18.5 Å². The van der Waals surface area contributed by atoms with Crippen LogP contribution in [0.5, 0.6) is 0 Å². The van der Waals surface area contributed by atoms with Crippen LogP contribution in [0.1, 0.15) is 47.0 Å². The van der Waals surface area contributed by atoms with Crippen LogP contribution in [0.4, 0.5) is 5.00 Å². The third-order valence-electron chi connectivity index (χ3n) is 4.43. The summed E-state index contributed by atoms with van der Waals surface area (Å²) >= 11 is 1.40. The number of hydrogen-bond donors (Lipinski definition) is 2. The molecule has 2 aliphatic carbocycles. The lowest BCUT2D eigenvalue weighted by Gasteiger charge is -2.11. The van der Waals surface area contributed by atoms with Gasteiger partial charge in [0.1, 0.15) is 5.00 Å². The molecule has 0 saturated heterocycles. The second-order valence-corrected chi connectivity index (χ2v) is 7.36. The summed E-state index contributed by atoms with van der Waals surface area (Å²) in [5.41, 5.74) is 6.86. The quantitative estimate of drug-likeness (QED) is 0.802. The Hall–Kier alpha value is -1.89. The summed E-state index contributed by atoms with van der Waals surface area (Å²) < 4.78 is 5.01. The maximum atomic E-state index is 12.0. The lowest BCUT2D eigenvalue weighted by Crippen LogP contribution is -2.23. The second kappa shape index (κ2) is 6.31. The minimum absolute atomic E-state index is 0.0713. The van der Waals surface area contributed by atoms with E-state index >= 15 is 0 Å². The first-order valence-corrected chi connectivity index (χ1v) is 8.70. The molecule has 23 heavy (non-hydrogen) atoms. The van der Waals surface area contributed by atoms with E-state index in [1.165, 1.54) is 11.3 Å². The molecule has 0 aliphatic heterocycles. The van der Waals surface area contributed by atoms with Gasteiger partial charge in [-0.3, -0.25) is 14.4 Å². The highest BCUT2D eigenvalue weighted by molar-refractivity contribution is 7.17. The number of anilines is 1. The number of fused-ring (bicyclic) bond motifs is 1. The van der Waals surface area contributed by atoms with Gasteiger partial charge >= 0.3 is 5.97 Å². The van der Waals surface area contributed by atoms with Gasteiger partial charge in [0, 0.05) is 4.88 Å². The van der Waals surface area contributed by atoms with Crippen molar-refractivity contribution in [3.63, 3.8) is 0 Å². The van der Waals surface area contributed by atoms with Crippen LogP contribution in [0.25, 0.3) is 0 Å². The van der Waals surface area contributed by atoms with Crippen LogP contribution in [0.2, 0.25) is 0 Å². The summed E-state index contributed by atoms with van der Waals surface area (Å²) in [5.74, 6) is -1.02. The molecule has 0 aromatic carbocycles. The van der Waals surface area contributed by atoms with Gasteiger partial charge in [-0.2, -0.15) is 0 Å². The Balaban J connectivity index is 1.65. The number of thiophene rings is 1. The molecule has 0 radical (unpaired) electrons. The molecule has 0 unspecified atom stereocenters. The molecule has 2 atom stereocenters. The lowest BCUT2D eigenvalue weighted by molar-refractivity contribution is -0.148. The zero-order valence-electron chi connectivity index (χ0n) is 13.0. The highest BCUT2D eigenvalue weighted by Crippen LogP contribution is 2.39. The highest BCUT2D eigenvalue weighted by Gasteiger charge is 2.40. The first kappa shape index (κ1) is 16.0. The van der Waals surface area contributed by atoms with Crippen molar-refractivity contribution in [2.75, 3.05) is 11.9 Å². The van der Waals surface area contributed by atoms with Crippen LogP contribution in [0.3, 0.4) is 0 Å². The van der Waals surface area contributed by atoms with E-state index < -0.39 is 11.8 Å². The molecule has 1 heterocycles. The predicted octanol–water partition coefficient (Wildman–Crippen LogP) is 1.86. The van der Waals surface area contributed by atoms with Gasteiger partial charge in [0.05, 0.1) is 11.5 Å². The van der Waals surface area contributed by atoms with Crippen molar-refractivity contribution in [3.05, 3.63) is 16.0 Å². The summed E-state index contributed by atoms with van der Waals surface area (Å²) in [6, 6.07) is 0. The molecule has 124 valence electrons. The summed E-state index contributed by atoms with van der Waals surface area (Å²) in [4.78, 5) is 36.5. The zero-order chi connectivity index (χ0) is 16.6. The van der Waals surface area contributed by atoms with Crippen molar-refractivity contribution < 1.29 is 19.1 Å². The number of esters is 1. The van der Waals surface area contributed by atoms with Crippen molar-refractivity contribution in [2.24, 2.45) is 17.6 Å². The maximum absolute atomic E-state index is 12.0. The molecular formula is C16H20N2O4S. The molecular weight excluding hydrogens is 316 g/mol. The van der Waals surface area contributed by atoms with Crippen LogP contribution in [0, 0.1) is 11.8 Å². The molecule has 1 fully saturated rings. The zero-order valence-corrected chi connectivity index (χ0v) is 13.8. The summed E-state index contributed by atoms with van der Waals surface area (Å²) in [6.45, 7) is 1.64. The average molecular weight is 336 g/mol. The second-order valence-electron chi connectivity index (χ2n) is 6.25. The highest BCUT2D eigenvalue weighted by atomic mass is 32.1. The molecule has 1 aromatic heterocycles. The minimum Gasteiger partial charge on any atom is -0.455 e. The van der Waals surface area contributed by atoms with E-state index in [2.05, 4.69) is 5.32 Å². The van der Waals surface area contributed by atoms with Crippen LogP contribution < -0.4 is 11.1 Å². The number of nitrogens with one attached hydrogen (secondary N) is 1. The Labute approximate surface area is 138 Å². The maximum Gasteiger partial charge on any atom is 0.309 e. The molecule has 1 aromatic rings. The Morgan fingerprint density at radius 3 is 2.65 bits per heavy atom. The Morgan fingerprint density at radius 2 is 2.00 bits per heavy atom. The van der Waals surface area contributed by atoms with E-state index in [1.807, 2.05) is 6.92 Å². The molecule has 3 rings (SSSR count). The summed E-state index contributed by atoms with van der Waals surface area (Å²) in [5, 5.41) is 3.15. The topological polar surface area (TPSA) is 98.5 Å². The van der Waals surface area contributed by atoms with Gasteiger partial charge in [0.2, 0.25) is 0 Å². The van der Waals surface area contributed by atoms with Gasteiger partial charge in [0.25, 0.3) is 11.8 Å². The number of amides is 2. The van der Waals surface area contributed by atoms with E-state index in [1.54, 1.807) is 0 Å². The van der Waals surface area contributed by atoms with Crippen molar-refractivity contribution in [1.29, 1.82) is 0 Å². The minimum atomic E-state index is -0.525. The largest absolute Gasteiger partial charge is 0.455 e. The Morgan fingerprint density at radius 1 is 1.30 bits per heavy atom. The molecule has 3 N–H and O–H groups in total. The molecule has 1 saturated carbocycles. The smallest absolute Gasteiger partial charge is 0.309 e.